The number of hydrogen-bond donors (Lipinski definition) is 0. The zero-order valence-electron chi connectivity index (χ0n) is 5.12. The summed E-state index contributed by atoms with van der Waals surface area (Å²) in [5.41, 5.74) is 0. The van der Waals surface area contributed by atoms with Gasteiger partial charge in [0.2, 0.25) is 0 Å². The van der Waals surface area contributed by atoms with E-state index in [1.54, 1.807) is 0 Å². The van der Waals surface area contributed by atoms with Crippen molar-refractivity contribution < 1.29 is 13.2 Å². The molecule has 9 heavy (non-hydrogen) atoms. The Bertz CT molecular complexity index is 225. The van der Waals surface area contributed by atoms with Crippen molar-refractivity contribution in [3.8, 4) is 0 Å². The highest BCUT2D eigenvalue weighted by atomic mass is 32.2. The number of ether oxygens (including phenoxy) is 1. The summed E-state index contributed by atoms with van der Waals surface area (Å²) in [7, 11) is -1.42. The molecule has 0 aliphatic carbocycles. The van der Waals surface area contributed by atoms with Crippen LogP contribution in [-0.2, 0) is 14.6 Å². The Morgan fingerprint density at radius 3 is 2.56 bits per heavy atom. The minimum absolute atomic E-state index is 0.205. The van der Waals surface area contributed by atoms with Gasteiger partial charge in [-0.2, -0.15) is 0 Å². The van der Waals surface area contributed by atoms with E-state index >= 15 is 0 Å². The van der Waals surface area contributed by atoms with Crippen LogP contribution in [-0.4, -0.2) is 21.3 Å². The molecule has 0 radical (unpaired) electrons. The normalized spacial score (nSPS) is 23.4. The van der Waals surface area contributed by atoms with E-state index in [-0.39, 0.29) is 5.75 Å². The second-order valence-corrected chi connectivity index (χ2v) is 3.87. The first-order valence-electron chi connectivity index (χ1n) is 2.61. The third kappa shape index (κ3) is 1.45. The van der Waals surface area contributed by atoms with Gasteiger partial charge in [0.05, 0.1) is 18.3 Å². The van der Waals surface area contributed by atoms with Crippen molar-refractivity contribution in [2.45, 2.75) is 6.42 Å². The summed E-state index contributed by atoms with van der Waals surface area (Å²) in [5, 5.41) is 1.19. The largest absolute Gasteiger partial charge is 0.500 e. The molecule has 0 unspecified atom stereocenters. The predicted octanol–water partition coefficient (Wildman–Crippen LogP) is 0.293. The van der Waals surface area contributed by atoms with E-state index in [1.807, 2.05) is 0 Å². The van der Waals surface area contributed by atoms with E-state index in [2.05, 4.69) is 0 Å². The van der Waals surface area contributed by atoms with Crippen molar-refractivity contribution in [2.24, 2.45) is 0 Å². The quantitative estimate of drug-likeness (QED) is 0.537. The van der Waals surface area contributed by atoms with Crippen LogP contribution < -0.4 is 0 Å². The van der Waals surface area contributed by atoms with Gasteiger partial charge in [-0.25, -0.2) is 8.42 Å². The minimum atomic E-state index is -2.89. The van der Waals surface area contributed by atoms with Crippen LogP contribution in [0.5, 0.6) is 0 Å². The van der Waals surface area contributed by atoms with Crippen LogP contribution in [0.1, 0.15) is 6.42 Å². The molecule has 0 bridgehead atoms. The van der Waals surface area contributed by atoms with Gasteiger partial charge in [-0.1, -0.05) is 0 Å². The van der Waals surface area contributed by atoms with Gasteiger partial charge in [-0.3, -0.25) is 0 Å². The topological polar surface area (TPSA) is 43.4 Å². The van der Waals surface area contributed by atoms with Gasteiger partial charge in [-0.15, -0.1) is 0 Å². The summed E-state index contributed by atoms with van der Waals surface area (Å²) in [6, 6.07) is 0. The number of sulfone groups is 1. The minimum Gasteiger partial charge on any atom is -0.500 e. The van der Waals surface area contributed by atoms with Gasteiger partial charge in [0, 0.05) is 6.42 Å². The number of hydrogen-bond acceptors (Lipinski definition) is 3. The highest BCUT2D eigenvalue weighted by molar-refractivity contribution is 7.94. The molecule has 0 aromatic heterocycles. The molecule has 0 atom stereocenters. The van der Waals surface area contributed by atoms with Crippen LogP contribution >= 0.6 is 0 Å². The summed E-state index contributed by atoms with van der Waals surface area (Å²) in [6.45, 7) is 0. The lowest BCUT2D eigenvalue weighted by Crippen LogP contribution is -1.92. The fraction of sp³-hybridized carbons (Fsp3) is 0.600. The zero-order valence-corrected chi connectivity index (χ0v) is 5.94. The van der Waals surface area contributed by atoms with Crippen LogP contribution in [0.4, 0.5) is 0 Å². The van der Waals surface area contributed by atoms with Crippen molar-refractivity contribution >= 4 is 9.84 Å². The first kappa shape index (κ1) is 6.61. The Labute approximate surface area is 54.2 Å². The fourth-order valence-corrected chi connectivity index (χ4v) is 1.93. The zero-order chi connectivity index (χ0) is 6.91. The standard InChI is InChI=1S/C5H8O3S/c1-8-5-2-3-9(6,7)4-5/h4H,2-3H2,1H3. The fourth-order valence-electron chi connectivity index (χ4n) is 0.711. The average Bonchev–Trinajstić information content (AvgIpc) is 2.10. The Kier molecular flexibility index (Phi) is 1.48. The molecular weight excluding hydrogens is 140 g/mol. The summed E-state index contributed by atoms with van der Waals surface area (Å²) in [5.74, 6) is 0.769. The maximum atomic E-state index is 10.6. The molecule has 1 rings (SSSR count). The van der Waals surface area contributed by atoms with Crippen molar-refractivity contribution in [3.05, 3.63) is 11.2 Å². The number of allylic oxidation sites excluding steroid dienone is 1. The average molecular weight is 148 g/mol. The summed E-state index contributed by atoms with van der Waals surface area (Å²) < 4.78 is 26.0. The van der Waals surface area contributed by atoms with Crippen molar-refractivity contribution in [2.75, 3.05) is 12.9 Å². The molecule has 3 nitrogen and oxygen atoms in total. The smallest absolute Gasteiger partial charge is 0.175 e. The third-order valence-corrected chi connectivity index (χ3v) is 2.60. The van der Waals surface area contributed by atoms with Crippen LogP contribution in [0.25, 0.3) is 0 Å². The van der Waals surface area contributed by atoms with Gasteiger partial charge >= 0.3 is 0 Å². The lowest BCUT2D eigenvalue weighted by Gasteiger charge is -1.92. The number of methoxy groups -OCH3 is 1. The van der Waals surface area contributed by atoms with E-state index in [0.29, 0.717) is 12.2 Å². The van der Waals surface area contributed by atoms with Crippen molar-refractivity contribution in [1.29, 1.82) is 0 Å². The maximum Gasteiger partial charge on any atom is 0.175 e. The summed E-state index contributed by atoms with van der Waals surface area (Å²) >= 11 is 0. The molecule has 1 heterocycles. The Balaban J connectivity index is 2.85. The lowest BCUT2D eigenvalue weighted by atomic mass is 10.4. The molecule has 0 saturated carbocycles. The molecule has 0 aromatic carbocycles. The lowest BCUT2D eigenvalue weighted by molar-refractivity contribution is 0.284. The molecule has 0 fully saturated rings. The van der Waals surface area contributed by atoms with E-state index in [4.69, 9.17) is 4.74 Å². The molecule has 0 spiro atoms. The second kappa shape index (κ2) is 2.02. The molecule has 1 aliphatic rings. The molecule has 4 heteroatoms. The molecule has 0 N–H and O–H groups in total. The first-order chi connectivity index (χ1) is 4.14. The third-order valence-electron chi connectivity index (χ3n) is 1.21. The van der Waals surface area contributed by atoms with E-state index in [1.165, 1.54) is 12.5 Å². The molecule has 0 saturated heterocycles. The van der Waals surface area contributed by atoms with Crippen LogP contribution in [0.15, 0.2) is 11.2 Å². The molecule has 1 aliphatic heterocycles. The summed E-state index contributed by atoms with van der Waals surface area (Å²) in [6.07, 6.45) is 0.527. The van der Waals surface area contributed by atoms with Gasteiger partial charge < -0.3 is 4.74 Å². The van der Waals surface area contributed by atoms with E-state index in [0.717, 1.165) is 0 Å². The Morgan fingerprint density at radius 1 is 1.67 bits per heavy atom. The SMILES string of the molecule is COC1=CS(=O)(=O)CC1. The van der Waals surface area contributed by atoms with Crippen molar-refractivity contribution in [3.63, 3.8) is 0 Å². The first-order valence-corrected chi connectivity index (χ1v) is 4.33. The molecule has 0 aromatic rings. The predicted molar refractivity (Wildman–Crippen MR) is 33.5 cm³/mol. The molecule has 0 amide bonds. The maximum absolute atomic E-state index is 10.6. The van der Waals surface area contributed by atoms with E-state index < -0.39 is 9.84 Å². The van der Waals surface area contributed by atoms with E-state index in [9.17, 15) is 8.42 Å². The Morgan fingerprint density at radius 2 is 2.33 bits per heavy atom. The highest BCUT2D eigenvalue weighted by Crippen LogP contribution is 2.15. The van der Waals surface area contributed by atoms with Gasteiger partial charge in [-0.05, 0) is 0 Å². The second-order valence-electron chi connectivity index (χ2n) is 1.91. The molecule has 52 valence electrons. The van der Waals surface area contributed by atoms with Gasteiger partial charge in [0.1, 0.15) is 5.76 Å². The highest BCUT2D eigenvalue weighted by Gasteiger charge is 2.18. The van der Waals surface area contributed by atoms with Crippen LogP contribution in [0.3, 0.4) is 0 Å². The Hall–Kier alpha value is -0.510. The number of rotatable bonds is 1. The monoisotopic (exact) mass is 148 g/mol. The molecular formula is C5H8O3S. The summed E-state index contributed by atoms with van der Waals surface area (Å²) in [4.78, 5) is 0. The van der Waals surface area contributed by atoms with Gasteiger partial charge in [0.15, 0.2) is 9.84 Å². The van der Waals surface area contributed by atoms with Crippen molar-refractivity contribution in [1.82, 2.24) is 0 Å². The van der Waals surface area contributed by atoms with Gasteiger partial charge in [0.25, 0.3) is 0 Å². The van der Waals surface area contributed by atoms with Crippen LogP contribution in [0.2, 0.25) is 0 Å². The van der Waals surface area contributed by atoms with Crippen LogP contribution in [0, 0.1) is 0 Å².